The molecule has 0 N–H and O–H groups in total. The van der Waals surface area contributed by atoms with Crippen LogP contribution in [0.25, 0.3) is 11.1 Å². The fraction of sp³-hybridized carbons (Fsp3) is 0.609. The SMILES string of the molecule is CCCn1cc(-c2ccc3c(c2)CCC2(CCN(C4CCC4)CC2)O3)cn1. The zero-order chi connectivity index (χ0) is 18.3. The average Bonchev–Trinajstić information content (AvgIpc) is 3.11. The predicted molar refractivity (Wildman–Crippen MR) is 108 cm³/mol. The quantitative estimate of drug-likeness (QED) is 0.788. The highest BCUT2D eigenvalue weighted by atomic mass is 16.5. The third kappa shape index (κ3) is 3.29. The monoisotopic (exact) mass is 365 g/mol. The number of hydrogen-bond acceptors (Lipinski definition) is 3. The molecule has 144 valence electrons. The topological polar surface area (TPSA) is 30.3 Å². The molecule has 1 aromatic carbocycles. The summed E-state index contributed by atoms with van der Waals surface area (Å²) in [4.78, 5) is 2.71. The van der Waals surface area contributed by atoms with Gasteiger partial charge in [-0.2, -0.15) is 5.10 Å². The highest BCUT2D eigenvalue weighted by Gasteiger charge is 2.41. The molecule has 1 saturated carbocycles. The van der Waals surface area contributed by atoms with Crippen molar-refractivity contribution in [3.63, 3.8) is 0 Å². The Balaban J connectivity index is 1.29. The number of aromatic nitrogens is 2. The van der Waals surface area contributed by atoms with Crippen molar-refractivity contribution in [1.82, 2.24) is 14.7 Å². The molecule has 1 aromatic heterocycles. The van der Waals surface area contributed by atoms with Crippen molar-refractivity contribution in [2.75, 3.05) is 13.1 Å². The minimum absolute atomic E-state index is 0.0841. The molecule has 1 aliphatic carbocycles. The molecule has 4 nitrogen and oxygen atoms in total. The number of rotatable bonds is 4. The van der Waals surface area contributed by atoms with Gasteiger partial charge in [0, 0.05) is 37.4 Å². The van der Waals surface area contributed by atoms with Crippen LogP contribution in [0.4, 0.5) is 0 Å². The number of piperidine rings is 1. The molecule has 1 saturated heterocycles. The van der Waals surface area contributed by atoms with Gasteiger partial charge in [-0.15, -0.1) is 0 Å². The Kier molecular flexibility index (Phi) is 4.47. The molecule has 5 rings (SSSR count). The van der Waals surface area contributed by atoms with Gasteiger partial charge in [0.15, 0.2) is 0 Å². The second-order valence-electron chi connectivity index (χ2n) is 8.72. The van der Waals surface area contributed by atoms with Crippen LogP contribution >= 0.6 is 0 Å². The van der Waals surface area contributed by atoms with Crippen LogP contribution in [0, 0.1) is 0 Å². The summed E-state index contributed by atoms with van der Waals surface area (Å²) < 4.78 is 8.67. The van der Waals surface area contributed by atoms with Gasteiger partial charge in [-0.25, -0.2) is 0 Å². The first-order valence-electron chi connectivity index (χ1n) is 10.8. The number of hydrogen-bond donors (Lipinski definition) is 0. The van der Waals surface area contributed by atoms with Gasteiger partial charge in [-0.1, -0.05) is 19.4 Å². The largest absolute Gasteiger partial charge is 0.487 e. The lowest BCUT2D eigenvalue weighted by atomic mass is 9.81. The van der Waals surface area contributed by atoms with E-state index < -0.39 is 0 Å². The molecule has 2 aliphatic heterocycles. The van der Waals surface area contributed by atoms with Crippen LogP contribution in [-0.2, 0) is 13.0 Å². The van der Waals surface area contributed by atoms with Crippen molar-refractivity contribution in [3.05, 3.63) is 36.2 Å². The summed E-state index contributed by atoms with van der Waals surface area (Å²) in [5, 5.41) is 4.48. The average molecular weight is 366 g/mol. The number of ether oxygens (including phenoxy) is 1. The van der Waals surface area contributed by atoms with Crippen molar-refractivity contribution >= 4 is 0 Å². The van der Waals surface area contributed by atoms with E-state index >= 15 is 0 Å². The summed E-state index contributed by atoms with van der Waals surface area (Å²) in [6.07, 6.45) is 14.2. The van der Waals surface area contributed by atoms with Gasteiger partial charge in [0.1, 0.15) is 11.4 Å². The molecular formula is C23H31N3O. The Hall–Kier alpha value is -1.81. The Morgan fingerprint density at radius 2 is 2.00 bits per heavy atom. The zero-order valence-electron chi connectivity index (χ0n) is 16.5. The standard InChI is InChI=1S/C23H31N3O/c1-2-12-26-17-20(16-24-26)18-6-7-22-19(15-18)8-9-23(27-22)10-13-25(14-11-23)21-4-3-5-21/h6-7,15-17,21H,2-5,8-14H2,1H3. The third-order valence-corrected chi connectivity index (χ3v) is 6.96. The van der Waals surface area contributed by atoms with Gasteiger partial charge in [0.2, 0.25) is 0 Å². The normalized spacial score (nSPS) is 22.3. The number of likely N-dealkylation sites (tertiary alicyclic amines) is 1. The molecular weight excluding hydrogens is 334 g/mol. The highest BCUT2D eigenvalue weighted by Crippen LogP contribution is 2.42. The van der Waals surface area contributed by atoms with Gasteiger partial charge in [0.05, 0.1) is 6.20 Å². The summed E-state index contributed by atoms with van der Waals surface area (Å²) in [5.41, 5.74) is 3.92. The van der Waals surface area contributed by atoms with Crippen LogP contribution in [0.1, 0.15) is 57.4 Å². The number of nitrogens with zero attached hydrogens (tertiary/aromatic N) is 3. The molecule has 0 radical (unpaired) electrons. The molecule has 0 amide bonds. The fourth-order valence-electron chi connectivity index (χ4n) is 4.97. The van der Waals surface area contributed by atoms with Gasteiger partial charge < -0.3 is 9.64 Å². The first kappa shape index (κ1) is 17.3. The van der Waals surface area contributed by atoms with E-state index in [4.69, 9.17) is 4.74 Å². The van der Waals surface area contributed by atoms with Crippen LogP contribution in [-0.4, -0.2) is 39.4 Å². The van der Waals surface area contributed by atoms with Crippen molar-refractivity contribution in [2.45, 2.75) is 76.5 Å². The van der Waals surface area contributed by atoms with Gasteiger partial charge >= 0.3 is 0 Å². The Morgan fingerprint density at radius 1 is 1.15 bits per heavy atom. The lowest BCUT2D eigenvalue weighted by Gasteiger charge is -2.48. The number of fused-ring (bicyclic) bond motifs is 1. The Labute approximate surface area is 162 Å². The predicted octanol–water partition coefficient (Wildman–Crippen LogP) is 4.67. The summed E-state index contributed by atoms with van der Waals surface area (Å²) in [6.45, 7) is 5.60. The molecule has 0 bridgehead atoms. The first-order valence-corrected chi connectivity index (χ1v) is 10.8. The lowest BCUT2D eigenvalue weighted by Crippen LogP contribution is -2.53. The van der Waals surface area contributed by atoms with Gasteiger partial charge in [-0.05, 0) is 68.2 Å². The molecule has 2 fully saturated rings. The van der Waals surface area contributed by atoms with Crippen LogP contribution in [0.3, 0.4) is 0 Å². The maximum atomic E-state index is 6.63. The minimum atomic E-state index is 0.0841. The zero-order valence-corrected chi connectivity index (χ0v) is 16.5. The Morgan fingerprint density at radius 3 is 2.74 bits per heavy atom. The van der Waals surface area contributed by atoms with Crippen LogP contribution < -0.4 is 4.74 Å². The number of benzene rings is 1. The molecule has 1 spiro atoms. The van der Waals surface area contributed by atoms with Crippen molar-refractivity contribution in [2.24, 2.45) is 0 Å². The third-order valence-electron chi connectivity index (χ3n) is 6.96. The van der Waals surface area contributed by atoms with E-state index in [1.165, 1.54) is 61.9 Å². The molecule has 2 aromatic rings. The molecule has 0 atom stereocenters. The molecule has 3 heterocycles. The van der Waals surface area contributed by atoms with E-state index in [0.29, 0.717) is 0 Å². The second-order valence-corrected chi connectivity index (χ2v) is 8.72. The lowest BCUT2D eigenvalue weighted by molar-refractivity contribution is -0.0336. The van der Waals surface area contributed by atoms with E-state index in [-0.39, 0.29) is 5.60 Å². The number of aryl methyl sites for hydroxylation is 2. The highest BCUT2D eigenvalue weighted by molar-refractivity contribution is 5.64. The second kappa shape index (κ2) is 6.97. The van der Waals surface area contributed by atoms with Crippen LogP contribution in [0.15, 0.2) is 30.6 Å². The summed E-state index contributed by atoms with van der Waals surface area (Å²) in [7, 11) is 0. The molecule has 0 unspecified atom stereocenters. The van der Waals surface area contributed by atoms with E-state index in [1.54, 1.807) is 0 Å². The molecule has 4 heteroatoms. The van der Waals surface area contributed by atoms with Crippen LogP contribution in [0.5, 0.6) is 5.75 Å². The maximum absolute atomic E-state index is 6.63. The first-order chi connectivity index (χ1) is 13.2. The van der Waals surface area contributed by atoms with E-state index in [2.05, 4.69) is 41.3 Å². The smallest absolute Gasteiger partial charge is 0.123 e. The van der Waals surface area contributed by atoms with Crippen molar-refractivity contribution in [3.8, 4) is 16.9 Å². The van der Waals surface area contributed by atoms with Gasteiger partial charge in [-0.3, -0.25) is 4.68 Å². The van der Waals surface area contributed by atoms with E-state index in [9.17, 15) is 0 Å². The summed E-state index contributed by atoms with van der Waals surface area (Å²) >= 11 is 0. The fourth-order valence-corrected chi connectivity index (χ4v) is 4.97. The maximum Gasteiger partial charge on any atom is 0.123 e. The van der Waals surface area contributed by atoms with Gasteiger partial charge in [0.25, 0.3) is 0 Å². The van der Waals surface area contributed by atoms with E-state index in [1.807, 2.05) is 10.9 Å². The molecule has 27 heavy (non-hydrogen) atoms. The van der Waals surface area contributed by atoms with Crippen molar-refractivity contribution < 1.29 is 4.74 Å². The Bertz CT molecular complexity index is 800. The minimum Gasteiger partial charge on any atom is -0.487 e. The summed E-state index contributed by atoms with van der Waals surface area (Å²) in [5.74, 6) is 1.11. The van der Waals surface area contributed by atoms with E-state index in [0.717, 1.165) is 37.6 Å². The molecule has 3 aliphatic rings. The van der Waals surface area contributed by atoms with Crippen LogP contribution in [0.2, 0.25) is 0 Å². The van der Waals surface area contributed by atoms with Crippen molar-refractivity contribution in [1.29, 1.82) is 0 Å². The summed E-state index contributed by atoms with van der Waals surface area (Å²) in [6, 6.07) is 7.59.